The van der Waals surface area contributed by atoms with Crippen LogP contribution in [0.5, 0.6) is 0 Å². The maximum absolute atomic E-state index is 5.79. The van der Waals surface area contributed by atoms with Crippen molar-refractivity contribution >= 4 is 11.8 Å². The van der Waals surface area contributed by atoms with E-state index in [4.69, 9.17) is 4.74 Å². The standard InChI is InChI=1S/C18H33N3OS/c1-12-20-17(19-11-14-8-5-9-22-14)15-10-16(23-18(15)21-12)13-6-3-2-4-7-13/h12-21H,2-11H2,1H3. The van der Waals surface area contributed by atoms with Crippen LogP contribution in [-0.2, 0) is 4.74 Å². The smallest absolute Gasteiger partial charge is 0.0700 e. The third-order valence-corrected chi connectivity index (χ3v) is 7.96. The Balaban J connectivity index is 1.35. The van der Waals surface area contributed by atoms with Gasteiger partial charge in [-0.15, -0.1) is 11.8 Å². The highest BCUT2D eigenvalue weighted by Gasteiger charge is 2.45. The zero-order valence-electron chi connectivity index (χ0n) is 14.4. The first-order valence-electron chi connectivity index (χ1n) is 9.82. The summed E-state index contributed by atoms with van der Waals surface area (Å²) in [6, 6.07) is 0. The van der Waals surface area contributed by atoms with Crippen LogP contribution >= 0.6 is 11.8 Å². The molecule has 3 heterocycles. The van der Waals surface area contributed by atoms with Crippen LogP contribution in [0.1, 0.15) is 58.3 Å². The van der Waals surface area contributed by atoms with Gasteiger partial charge in [0.25, 0.3) is 0 Å². The zero-order valence-corrected chi connectivity index (χ0v) is 15.2. The summed E-state index contributed by atoms with van der Waals surface area (Å²) < 4.78 is 5.79. The van der Waals surface area contributed by atoms with E-state index in [0.717, 1.165) is 24.3 Å². The van der Waals surface area contributed by atoms with Crippen molar-refractivity contribution in [2.75, 3.05) is 13.2 Å². The molecule has 0 spiro atoms. The number of rotatable bonds is 4. The topological polar surface area (TPSA) is 45.3 Å². The van der Waals surface area contributed by atoms with Crippen LogP contribution in [0.2, 0.25) is 0 Å². The Morgan fingerprint density at radius 2 is 1.96 bits per heavy atom. The van der Waals surface area contributed by atoms with Gasteiger partial charge in [-0.2, -0.15) is 0 Å². The van der Waals surface area contributed by atoms with Crippen molar-refractivity contribution in [1.82, 2.24) is 16.0 Å². The summed E-state index contributed by atoms with van der Waals surface area (Å²) in [7, 11) is 0. The SMILES string of the molecule is CC1NC(NCC2CCCO2)C2CC(C3CCCCC3)SC2N1. The summed E-state index contributed by atoms with van der Waals surface area (Å²) in [6.45, 7) is 4.21. The van der Waals surface area contributed by atoms with E-state index in [2.05, 4.69) is 34.6 Å². The van der Waals surface area contributed by atoms with Crippen molar-refractivity contribution in [3.05, 3.63) is 0 Å². The van der Waals surface area contributed by atoms with E-state index in [9.17, 15) is 0 Å². The lowest BCUT2D eigenvalue weighted by molar-refractivity contribution is 0.0942. The molecule has 4 fully saturated rings. The molecule has 0 aromatic heterocycles. The molecule has 0 aromatic carbocycles. The monoisotopic (exact) mass is 339 g/mol. The molecule has 6 atom stereocenters. The molecule has 3 saturated heterocycles. The fourth-order valence-electron chi connectivity index (χ4n) is 4.98. The molecule has 132 valence electrons. The summed E-state index contributed by atoms with van der Waals surface area (Å²) in [4.78, 5) is 0. The molecule has 4 nitrogen and oxygen atoms in total. The first-order valence-corrected chi connectivity index (χ1v) is 10.8. The van der Waals surface area contributed by atoms with E-state index in [-0.39, 0.29) is 0 Å². The van der Waals surface area contributed by atoms with Gasteiger partial charge in [0, 0.05) is 24.3 Å². The third-order valence-electron chi connectivity index (χ3n) is 6.25. The summed E-state index contributed by atoms with van der Waals surface area (Å²) in [5.41, 5.74) is 0. The number of hydrogen-bond acceptors (Lipinski definition) is 5. The molecule has 5 heteroatoms. The van der Waals surface area contributed by atoms with Crippen molar-refractivity contribution in [3.8, 4) is 0 Å². The molecule has 4 rings (SSSR count). The van der Waals surface area contributed by atoms with Crippen LogP contribution in [0.3, 0.4) is 0 Å². The number of nitrogens with one attached hydrogen (secondary N) is 3. The second-order valence-corrected chi connectivity index (χ2v) is 9.35. The minimum absolute atomic E-state index is 0.399. The highest BCUT2D eigenvalue weighted by molar-refractivity contribution is 8.00. The van der Waals surface area contributed by atoms with Crippen LogP contribution in [-0.4, -0.2) is 42.2 Å². The van der Waals surface area contributed by atoms with Gasteiger partial charge in [-0.3, -0.25) is 16.0 Å². The molecule has 1 aliphatic carbocycles. The number of thioether (sulfide) groups is 1. The number of ether oxygens (including phenoxy) is 1. The van der Waals surface area contributed by atoms with Gasteiger partial charge in [0.05, 0.1) is 23.8 Å². The molecule has 0 amide bonds. The molecule has 3 aliphatic heterocycles. The number of hydrogen-bond donors (Lipinski definition) is 3. The maximum atomic E-state index is 5.79. The molecule has 0 bridgehead atoms. The van der Waals surface area contributed by atoms with Crippen molar-refractivity contribution in [2.45, 2.75) is 87.3 Å². The zero-order chi connectivity index (χ0) is 15.6. The Morgan fingerprint density at radius 3 is 2.74 bits per heavy atom. The molecule has 3 N–H and O–H groups in total. The molecule has 4 aliphatic rings. The minimum Gasteiger partial charge on any atom is -0.377 e. The predicted molar refractivity (Wildman–Crippen MR) is 96.3 cm³/mol. The summed E-state index contributed by atoms with van der Waals surface area (Å²) in [5, 5.41) is 12.8. The van der Waals surface area contributed by atoms with Crippen LogP contribution in [0.15, 0.2) is 0 Å². The van der Waals surface area contributed by atoms with E-state index in [1.807, 2.05) is 0 Å². The molecular formula is C18H33N3OS. The van der Waals surface area contributed by atoms with Gasteiger partial charge in [0.1, 0.15) is 0 Å². The van der Waals surface area contributed by atoms with Gasteiger partial charge in [0.2, 0.25) is 0 Å². The minimum atomic E-state index is 0.399. The van der Waals surface area contributed by atoms with Crippen LogP contribution in [0.25, 0.3) is 0 Å². The van der Waals surface area contributed by atoms with Crippen molar-refractivity contribution < 1.29 is 4.74 Å². The molecule has 0 radical (unpaired) electrons. The lowest BCUT2D eigenvalue weighted by Gasteiger charge is -2.39. The van der Waals surface area contributed by atoms with Crippen LogP contribution < -0.4 is 16.0 Å². The lowest BCUT2D eigenvalue weighted by atomic mass is 9.83. The molecule has 0 aromatic rings. The highest BCUT2D eigenvalue weighted by Crippen LogP contribution is 2.46. The van der Waals surface area contributed by atoms with E-state index < -0.39 is 0 Å². The molecule has 6 unspecified atom stereocenters. The maximum Gasteiger partial charge on any atom is 0.0700 e. The average Bonchev–Trinajstić information content (AvgIpc) is 3.22. The first kappa shape index (κ1) is 16.6. The fraction of sp³-hybridized carbons (Fsp3) is 1.00. The third kappa shape index (κ3) is 3.90. The van der Waals surface area contributed by atoms with Gasteiger partial charge >= 0.3 is 0 Å². The summed E-state index contributed by atoms with van der Waals surface area (Å²) >= 11 is 2.24. The largest absolute Gasteiger partial charge is 0.377 e. The van der Waals surface area contributed by atoms with Gasteiger partial charge < -0.3 is 4.74 Å². The van der Waals surface area contributed by atoms with Crippen molar-refractivity contribution in [1.29, 1.82) is 0 Å². The Hall–Kier alpha value is 0.190. The van der Waals surface area contributed by atoms with Gasteiger partial charge in [-0.1, -0.05) is 19.3 Å². The van der Waals surface area contributed by atoms with Gasteiger partial charge in [0.15, 0.2) is 0 Å². The Bertz CT molecular complexity index is 384. The van der Waals surface area contributed by atoms with E-state index in [1.165, 1.54) is 51.4 Å². The van der Waals surface area contributed by atoms with Crippen LogP contribution in [0.4, 0.5) is 0 Å². The summed E-state index contributed by atoms with van der Waals surface area (Å²) in [5.74, 6) is 1.68. The fourth-order valence-corrected chi connectivity index (χ4v) is 6.94. The van der Waals surface area contributed by atoms with Crippen LogP contribution in [0, 0.1) is 11.8 Å². The normalized spacial score (nSPS) is 45.3. The average molecular weight is 340 g/mol. The predicted octanol–water partition coefficient (Wildman–Crippen LogP) is 2.65. The Morgan fingerprint density at radius 1 is 1.09 bits per heavy atom. The first-order chi connectivity index (χ1) is 11.3. The van der Waals surface area contributed by atoms with Gasteiger partial charge in [-0.05, 0) is 44.9 Å². The van der Waals surface area contributed by atoms with E-state index >= 15 is 0 Å². The Kier molecular flexibility index (Phi) is 5.51. The molecule has 23 heavy (non-hydrogen) atoms. The van der Waals surface area contributed by atoms with Crippen molar-refractivity contribution in [3.63, 3.8) is 0 Å². The summed E-state index contributed by atoms with van der Waals surface area (Å²) in [6.07, 6.45) is 12.4. The Labute approximate surface area is 145 Å². The lowest BCUT2D eigenvalue weighted by Crippen LogP contribution is -2.65. The second kappa shape index (κ2) is 7.61. The van der Waals surface area contributed by atoms with E-state index in [0.29, 0.717) is 29.7 Å². The second-order valence-electron chi connectivity index (χ2n) is 7.97. The molecule has 1 saturated carbocycles. The highest BCUT2D eigenvalue weighted by atomic mass is 32.2. The molecular weight excluding hydrogens is 306 g/mol. The van der Waals surface area contributed by atoms with Gasteiger partial charge in [-0.25, -0.2) is 0 Å². The number of fused-ring (bicyclic) bond motifs is 1. The van der Waals surface area contributed by atoms with E-state index in [1.54, 1.807) is 0 Å². The van der Waals surface area contributed by atoms with Crippen molar-refractivity contribution in [2.24, 2.45) is 11.8 Å². The quantitative estimate of drug-likeness (QED) is 0.735.